The second kappa shape index (κ2) is 6.49. The molecule has 24 heavy (non-hydrogen) atoms. The van der Waals surface area contributed by atoms with E-state index in [1.54, 1.807) is 12.5 Å². The van der Waals surface area contributed by atoms with Gasteiger partial charge in [0.25, 0.3) is 11.5 Å². The normalized spacial score (nSPS) is 11.9. The Bertz CT molecular complexity index is 897. The summed E-state index contributed by atoms with van der Waals surface area (Å²) < 4.78 is 3.04. The number of amides is 1. The highest BCUT2D eigenvalue weighted by atomic mass is 16.2. The van der Waals surface area contributed by atoms with Crippen molar-refractivity contribution in [2.75, 3.05) is 0 Å². The predicted octanol–water partition coefficient (Wildman–Crippen LogP) is 1.46. The Balaban J connectivity index is 1.72. The minimum atomic E-state index is -0.322. The summed E-state index contributed by atoms with van der Waals surface area (Å²) in [5, 5.41) is 6.83. The zero-order valence-corrected chi connectivity index (χ0v) is 13.4. The van der Waals surface area contributed by atoms with Crippen molar-refractivity contribution in [3.05, 3.63) is 76.7 Å². The zero-order chi connectivity index (χ0) is 17.1. The molecule has 0 spiro atoms. The number of nitrogens with one attached hydrogen (secondary N) is 1. The number of carbonyl (C=O) groups excluding carboxylic acids is 1. The average molecular weight is 323 g/mol. The lowest BCUT2D eigenvalue weighted by Gasteiger charge is -2.15. The Hall–Kier alpha value is -3.22. The van der Waals surface area contributed by atoms with E-state index in [0.717, 1.165) is 15.9 Å². The molecule has 0 aliphatic rings. The first-order chi connectivity index (χ1) is 11.5. The summed E-state index contributed by atoms with van der Waals surface area (Å²) >= 11 is 0. The standard InChI is InChI=1S/C17H17N5O2/c1-12(19-17(24)15-7-8-16(23)21(2)20-15)13-3-5-14(6-4-13)22-10-9-18-11-22/h3-12H,1-2H3,(H,19,24). The van der Waals surface area contributed by atoms with Gasteiger partial charge >= 0.3 is 0 Å². The van der Waals surface area contributed by atoms with Crippen molar-refractivity contribution < 1.29 is 4.79 Å². The molecule has 122 valence electrons. The molecule has 3 aromatic rings. The predicted molar refractivity (Wildman–Crippen MR) is 88.9 cm³/mol. The number of rotatable bonds is 4. The van der Waals surface area contributed by atoms with Crippen LogP contribution in [0.4, 0.5) is 0 Å². The first-order valence-electron chi connectivity index (χ1n) is 7.48. The molecule has 2 aromatic heterocycles. The van der Waals surface area contributed by atoms with Gasteiger partial charge in [-0.25, -0.2) is 9.67 Å². The lowest BCUT2D eigenvalue weighted by Crippen LogP contribution is -2.30. The van der Waals surface area contributed by atoms with Gasteiger partial charge in [-0.1, -0.05) is 12.1 Å². The minimum Gasteiger partial charge on any atom is -0.344 e. The van der Waals surface area contributed by atoms with Gasteiger partial charge in [-0.05, 0) is 30.7 Å². The highest BCUT2D eigenvalue weighted by Crippen LogP contribution is 2.16. The Labute approximate surface area is 138 Å². The van der Waals surface area contributed by atoms with Gasteiger partial charge in [-0.2, -0.15) is 5.10 Å². The van der Waals surface area contributed by atoms with E-state index in [0.29, 0.717) is 0 Å². The molecule has 2 heterocycles. The van der Waals surface area contributed by atoms with Gasteiger partial charge in [-0.15, -0.1) is 0 Å². The monoisotopic (exact) mass is 323 g/mol. The highest BCUT2D eigenvalue weighted by Gasteiger charge is 2.13. The molecule has 0 bridgehead atoms. The molecule has 1 amide bonds. The largest absolute Gasteiger partial charge is 0.344 e. The van der Waals surface area contributed by atoms with Crippen molar-refractivity contribution in [3.63, 3.8) is 0 Å². The van der Waals surface area contributed by atoms with Crippen LogP contribution in [0.15, 0.2) is 59.9 Å². The van der Waals surface area contributed by atoms with Gasteiger partial charge in [0, 0.05) is 31.2 Å². The van der Waals surface area contributed by atoms with Gasteiger partial charge < -0.3 is 9.88 Å². The molecule has 0 radical (unpaired) electrons. The van der Waals surface area contributed by atoms with Crippen molar-refractivity contribution in [1.29, 1.82) is 0 Å². The number of aromatic nitrogens is 4. The topological polar surface area (TPSA) is 81.8 Å². The Kier molecular flexibility index (Phi) is 4.24. The van der Waals surface area contributed by atoms with Gasteiger partial charge in [0.15, 0.2) is 0 Å². The van der Waals surface area contributed by atoms with Crippen LogP contribution in [0.5, 0.6) is 0 Å². The summed E-state index contributed by atoms with van der Waals surface area (Å²) in [4.78, 5) is 27.6. The van der Waals surface area contributed by atoms with Crippen molar-refractivity contribution in [1.82, 2.24) is 24.6 Å². The Morgan fingerprint density at radius 2 is 1.92 bits per heavy atom. The molecule has 0 aliphatic carbocycles. The molecule has 0 fully saturated rings. The summed E-state index contributed by atoms with van der Waals surface area (Å²) in [5.41, 5.74) is 1.92. The van der Waals surface area contributed by atoms with Crippen LogP contribution in [0.3, 0.4) is 0 Å². The molecule has 3 rings (SSSR count). The quantitative estimate of drug-likeness (QED) is 0.788. The van der Waals surface area contributed by atoms with Crippen LogP contribution in [0.25, 0.3) is 5.69 Å². The molecule has 1 unspecified atom stereocenters. The van der Waals surface area contributed by atoms with E-state index in [1.165, 1.54) is 19.2 Å². The lowest BCUT2D eigenvalue weighted by atomic mass is 10.1. The molecule has 0 aliphatic heterocycles. The summed E-state index contributed by atoms with van der Waals surface area (Å²) in [6, 6.07) is 10.4. The second-order valence-corrected chi connectivity index (χ2v) is 5.44. The summed E-state index contributed by atoms with van der Waals surface area (Å²) in [5.74, 6) is -0.322. The third-order valence-electron chi connectivity index (χ3n) is 3.74. The number of hydrogen-bond donors (Lipinski definition) is 1. The second-order valence-electron chi connectivity index (χ2n) is 5.44. The molecule has 1 atom stereocenters. The fourth-order valence-electron chi connectivity index (χ4n) is 2.32. The van der Waals surface area contributed by atoms with E-state index in [4.69, 9.17) is 0 Å². The van der Waals surface area contributed by atoms with Gasteiger partial charge in [0.05, 0.1) is 12.4 Å². The summed E-state index contributed by atoms with van der Waals surface area (Å²) in [6.45, 7) is 1.89. The fourth-order valence-corrected chi connectivity index (χ4v) is 2.32. The van der Waals surface area contributed by atoms with Crippen LogP contribution >= 0.6 is 0 Å². The van der Waals surface area contributed by atoms with Gasteiger partial charge in [0.2, 0.25) is 0 Å². The van der Waals surface area contributed by atoms with E-state index in [9.17, 15) is 9.59 Å². The van der Waals surface area contributed by atoms with Gasteiger partial charge in [-0.3, -0.25) is 9.59 Å². The van der Waals surface area contributed by atoms with Crippen LogP contribution < -0.4 is 10.9 Å². The average Bonchev–Trinajstić information content (AvgIpc) is 3.12. The van der Waals surface area contributed by atoms with Crippen LogP contribution in [-0.4, -0.2) is 25.2 Å². The maximum absolute atomic E-state index is 12.2. The molecule has 1 N–H and O–H groups in total. The minimum absolute atomic E-state index is 0.187. The Morgan fingerprint density at radius 1 is 1.17 bits per heavy atom. The third-order valence-corrected chi connectivity index (χ3v) is 3.74. The summed E-state index contributed by atoms with van der Waals surface area (Å²) in [7, 11) is 1.51. The number of imidazole rings is 1. The smallest absolute Gasteiger partial charge is 0.272 e. The van der Waals surface area contributed by atoms with E-state index in [1.807, 2.05) is 42.0 Å². The number of aryl methyl sites for hydroxylation is 1. The first kappa shape index (κ1) is 15.7. The third kappa shape index (κ3) is 3.24. The molecular weight excluding hydrogens is 306 g/mol. The number of benzene rings is 1. The van der Waals surface area contributed by atoms with Crippen molar-refractivity contribution in [3.8, 4) is 5.69 Å². The molecule has 7 nitrogen and oxygen atoms in total. The van der Waals surface area contributed by atoms with Crippen molar-refractivity contribution in [2.45, 2.75) is 13.0 Å². The van der Waals surface area contributed by atoms with Crippen LogP contribution in [0, 0.1) is 0 Å². The van der Waals surface area contributed by atoms with Crippen molar-refractivity contribution in [2.24, 2.45) is 7.05 Å². The van der Waals surface area contributed by atoms with E-state index in [-0.39, 0.29) is 23.2 Å². The summed E-state index contributed by atoms with van der Waals surface area (Å²) in [6.07, 6.45) is 5.31. The number of carbonyl (C=O) groups is 1. The fraction of sp³-hybridized carbons (Fsp3) is 0.176. The highest BCUT2D eigenvalue weighted by molar-refractivity contribution is 5.92. The van der Waals surface area contributed by atoms with Crippen LogP contribution in [0.1, 0.15) is 29.0 Å². The lowest BCUT2D eigenvalue weighted by molar-refractivity contribution is 0.0932. The molecule has 0 saturated heterocycles. The number of hydrogen-bond acceptors (Lipinski definition) is 4. The number of nitrogens with zero attached hydrogens (tertiary/aromatic N) is 4. The molecule has 1 aromatic carbocycles. The Morgan fingerprint density at radius 3 is 2.54 bits per heavy atom. The molecule has 0 saturated carbocycles. The van der Waals surface area contributed by atoms with Crippen molar-refractivity contribution >= 4 is 5.91 Å². The first-order valence-corrected chi connectivity index (χ1v) is 7.48. The SMILES string of the molecule is CC(NC(=O)c1ccc(=O)n(C)n1)c1ccc(-n2ccnc2)cc1. The molecular formula is C17H17N5O2. The van der Waals surface area contributed by atoms with E-state index in [2.05, 4.69) is 15.4 Å². The van der Waals surface area contributed by atoms with Gasteiger partial charge in [0.1, 0.15) is 5.69 Å². The van der Waals surface area contributed by atoms with E-state index < -0.39 is 0 Å². The van der Waals surface area contributed by atoms with Crippen LogP contribution in [-0.2, 0) is 7.05 Å². The van der Waals surface area contributed by atoms with E-state index >= 15 is 0 Å². The maximum Gasteiger partial charge on any atom is 0.272 e. The van der Waals surface area contributed by atoms with Crippen LogP contribution in [0.2, 0.25) is 0 Å². The maximum atomic E-state index is 12.2. The zero-order valence-electron chi connectivity index (χ0n) is 13.4. The molecule has 7 heteroatoms.